The molecule has 0 aromatic rings. The lowest BCUT2D eigenvalue weighted by atomic mass is 9.82. The molecule has 2 aliphatic rings. The van der Waals surface area contributed by atoms with E-state index >= 15 is 0 Å². The van der Waals surface area contributed by atoms with Gasteiger partial charge in [-0.15, -0.1) is 0 Å². The molecule has 2 unspecified atom stereocenters. The first kappa shape index (κ1) is 13.3. The van der Waals surface area contributed by atoms with E-state index in [0.717, 1.165) is 44.3 Å². The second kappa shape index (κ2) is 6.72. The van der Waals surface area contributed by atoms with E-state index < -0.39 is 0 Å². The van der Waals surface area contributed by atoms with Crippen molar-refractivity contribution in [3.63, 3.8) is 0 Å². The van der Waals surface area contributed by atoms with Gasteiger partial charge in [-0.1, -0.05) is 6.42 Å². The third-order valence-electron chi connectivity index (χ3n) is 4.44. The van der Waals surface area contributed by atoms with Gasteiger partial charge in [-0.05, 0) is 52.6 Å². The molecule has 0 radical (unpaired) electrons. The largest absolute Gasteiger partial charge is 0.382 e. The fourth-order valence-electron chi connectivity index (χ4n) is 3.41. The Balaban J connectivity index is 1.65. The Morgan fingerprint density at radius 1 is 1.24 bits per heavy atom. The van der Waals surface area contributed by atoms with Gasteiger partial charge >= 0.3 is 0 Å². The van der Waals surface area contributed by atoms with E-state index in [4.69, 9.17) is 4.74 Å². The van der Waals surface area contributed by atoms with Gasteiger partial charge in [-0.2, -0.15) is 0 Å². The summed E-state index contributed by atoms with van der Waals surface area (Å²) in [6.45, 7) is 4.93. The van der Waals surface area contributed by atoms with E-state index in [1.807, 2.05) is 0 Å². The molecule has 0 spiro atoms. The average Bonchev–Trinajstić information content (AvgIpc) is 2.30. The van der Waals surface area contributed by atoms with E-state index in [1.54, 1.807) is 0 Å². The quantitative estimate of drug-likeness (QED) is 0.719. The summed E-state index contributed by atoms with van der Waals surface area (Å²) >= 11 is 0. The van der Waals surface area contributed by atoms with Crippen molar-refractivity contribution in [1.29, 1.82) is 0 Å². The summed E-state index contributed by atoms with van der Waals surface area (Å²) in [6.07, 6.45) is 8.10. The lowest BCUT2D eigenvalue weighted by molar-refractivity contribution is 0.0479. The lowest BCUT2D eigenvalue weighted by Crippen LogP contribution is -2.54. The normalized spacial score (nSPS) is 33.9. The smallest absolute Gasteiger partial charge is 0.0477 e. The van der Waals surface area contributed by atoms with Gasteiger partial charge in [0.15, 0.2) is 0 Å². The number of piperidine rings is 2. The number of fused-ring (bicyclic) bond motifs is 2. The minimum absolute atomic E-state index is 0.753. The molecule has 2 heterocycles. The number of ether oxygens (including phenoxy) is 1. The minimum atomic E-state index is 0.753. The maximum absolute atomic E-state index is 5.37. The summed E-state index contributed by atoms with van der Waals surface area (Å²) < 4.78 is 5.37. The summed E-state index contributed by atoms with van der Waals surface area (Å²) in [6, 6.07) is 2.43. The Kier molecular flexibility index (Phi) is 5.26. The Bertz CT molecular complexity index is 208. The lowest BCUT2D eigenvalue weighted by Gasteiger charge is -2.47. The summed E-state index contributed by atoms with van der Waals surface area (Å²) in [5.74, 6) is 0. The Morgan fingerprint density at radius 3 is 2.59 bits per heavy atom. The predicted octanol–water partition coefficient (Wildman–Crippen LogP) is 2.02. The van der Waals surface area contributed by atoms with E-state index in [1.165, 1.54) is 32.1 Å². The Morgan fingerprint density at radius 2 is 1.94 bits per heavy atom. The molecule has 3 nitrogen and oxygen atoms in total. The van der Waals surface area contributed by atoms with Crippen LogP contribution < -0.4 is 5.32 Å². The predicted molar refractivity (Wildman–Crippen MR) is 71.3 cm³/mol. The SMILES string of the molecule is CCOCCCNC1CC2CCCC(C1)N2C. The van der Waals surface area contributed by atoms with Gasteiger partial charge in [-0.3, -0.25) is 0 Å². The summed E-state index contributed by atoms with van der Waals surface area (Å²) in [5.41, 5.74) is 0. The zero-order chi connectivity index (χ0) is 12.1. The molecule has 0 saturated carbocycles. The number of hydrogen-bond donors (Lipinski definition) is 1. The molecular weight excluding hydrogens is 212 g/mol. The molecule has 0 amide bonds. The van der Waals surface area contributed by atoms with Crippen LogP contribution in [0.25, 0.3) is 0 Å². The van der Waals surface area contributed by atoms with Crippen LogP contribution >= 0.6 is 0 Å². The van der Waals surface area contributed by atoms with Gasteiger partial charge in [-0.25, -0.2) is 0 Å². The second-order valence-electron chi connectivity index (χ2n) is 5.58. The highest BCUT2D eigenvalue weighted by Crippen LogP contribution is 2.32. The van der Waals surface area contributed by atoms with Gasteiger partial charge in [0, 0.05) is 31.3 Å². The van der Waals surface area contributed by atoms with Crippen molar-refractivity contribution in [2.24, 2.45) is 0 Å². The first-order valence-electron chi connectivity index (χ1n) is 7.34. The van der Waals surface area contributed by atoms with Crippen LogP contribution in [0, 0.1) is 0 Å². The molecule has 2 atom stereocenters. The fourth-order valence-corrected chi connectivity index (χ4v) is 3.41. The van der Waals surface area contributed by atoms with Gasteiger partial charge in [0.05, 0.1) is 0 Å². The maximum atomic E-state index is 5.37. The Hall–Kier alpha value is -0.120. The van der Waals surface area contributed by atoms with Crippen molar-refractivity contribution in [1.82, 2.24) is 10.2 Å². The monoisotopic (exact) mass is 240 g/mol. The molecular formula is C14H28N2O. The van der Waals surface area contributed by atoms with Gasteiger partial charge in [0.2, 0.25) is 0 Å². The van der Waals surface area contributed by atoms with Crippen LogP contribution in [0.15, 0.2) is 0 Å². The number of nitrogens with one attached hydrogen (secondary N) is 1. The second-order valence-corrected chi connectivity index (χ2v) is 5.58. The van der Waals surface area contributed by atoms with Crippen LogP contribution in [-0.4, -0.2) is 49.8 Å². The van der Waals surface area contributed by atoms with Crippen molar-refractivity contribution in [2.75, 3.05) is 26.8 Å². The molecule has 2 bridgehead atoms. The Labute approximate surface area is 106 Å². The molecule has 2 fully saturated rings. The number of hydrogen-bond acceptors (Lipinski definition) is 3. The minimum Gasteiger partial charge on any atom is -0.382 e. The topological polar surface area (TPSA) is 24.5 Å². The van der Waals surface area contributed by atoms with Gasteiger partial charge in [0.25, 0.3) is 0 Å². The molecule has 0 aromatic carbocycles. The van der Waals surface area contributed by atoms with Crippen LogP contribution in [0.5, 0.6) is 0 Å². The van der Waals surface area contributed by atoms with E-state index in [-0.39, 0.29) is 0 Å². The van der Waals surface area contributed by atoms with Crippen LogP contribution in [0.2, 0.25) is 0 Å². The molecule has 17 heavy (non-hydrogen) atoms. The molecule has 2 aliphatic heterocycles. The molecule has 0 aromatic heterocycles. The zero-order valence-electron chi connectivity index (χ0n) is 11.5. The molecule has 2 rings (SSSR count). The average molecular weight is 240 g/mol. The molecule has 0 aliphatic carbocycles. The summed E-state index contributed by atoms with van der Waals surface area (Å²) in [5, 5.41) is 3.72. The third kappa shape index (κ3) is 3.67. The van der Waals surface area contributed by atoms with Gasteiger partial charge < -0.3 is 15.0 Å². The standard InChI is InChI=1S/C14H28N2O/c1-3-17-9-5-8-15-12-10-13-6-4-7-14(11-12)16(13)2/h12-15H,3-11H2,1-2H3. The van der Waals surface area contributed by atoms with Crippen molar-refractivity contribution in [3.05, 3.63) is 0 Å². The zero-order valence-corrected chi connectivity index (χ0v) is 11.5. The van der Waals surface area contributed by atoms with E-state index in [2.05, 4.69) is 24.2 Å². The van der Waals surface area contributed by atoms with Crippen molar-refractivity contribution in [3.8, 4) is 0 Å². The first-order chi connectivity index (χ1) is 8.31. The number of rotatable bonds is 6. The molecule has 100 valence electrons. The summed E-state index contributed by atoms with van der Waals surface area (Å²) in [4.78, 5) is 2.63. The fraction of sp³-hybridized carbons (Fsp3) is 1.00. The van der Waals surface area contributed by atoms with E-state index in [9.17, 15) is 0 Å². The third-order valence-corrected chi connectivity index (χ3v) is 4.44. The number of nitrogens with zero attached hydrogens (tertiary/aromatic N) is 1. The van der Waals surface area contributed by atoms with E-state index in [0.29, 0.717) is 0 Å². The van der Waals surface area contributed by atoms with Crippen molar-refractivity contribution < 1.29 is 4.74 Å². The summed E-state index contributed by atoms with van der Waals surface area (Å²) in [7, 11) is 2.32. The highest BCUT2D eigenvalue weighted by Gasteiger charge is 2.35. The first-order valence-corrected chi connectivity index (χ1v) is 7.34. The maximum Gasteiger partial charge on any atom is 0.0477 e. The highest BCUT2D eigenvalue weighted by atomic mass is 16.5. The van der Waals surface area contributed by atoms with Crippen LogP contribution in [0.3, 0.4) is 0 Å². The van der Waals surface area contributed by atoms with Crippen LogP contribution in [0.4, 0.5) is 0 Å². The van der Waals surface area contributed by atoms with Crippen molar-refractivity contribution in [2.45, 2.75) is 63.6 Å². The molecule has 3 heteroatoms. The molecule has 2 saturated heterocycles. The molecule has 1 N–H and O–H groups in total. The van der Waals surface area contributed by atoms with Crippen LogP contribution in [-0.2, 0) is 4.74 Å². The van der Waals surface area contributed by atoms with Crippen molar-refractivity contribution >= 4 is 0 Å². The van der Waals surface area contributed by atoms with Crippen LogP contribution in [0.1, 0.15) is 45.4 Å². The van der Waals surface area contributed by atoms with Gasteiger partial charge in [0.1, 0.15) is 0 Å². The highest BCUT2D eigenvalue weighted by molar-refractivity contribution is 4.93.